The molecule has 1 atom stereocenters. The van der Waals surface area contributed by atoms with Gasteiger partial charge in [0.15, 0.2) is 0 Å². The summed E-state index contributed by atoms with van der Waals surface area (Å²) in [5.41, 5.74) is 0.841. The van der Waals surface area contributed by atoms with Crippen LogP contribution in [0.4, 0.5) is 0 Å². The standard InChI is InChI=1S/C15H18BrNO3/c1-20-14-6-5-12(16)9-11(14)4-7-15(19)17-8-2-3-13(18)10-17/h4-7,9,13,18H,2-3,8,10H2,1H3/b7-4+/t13-/m0/s1. The van der Waals surface area contributed by atoms with Crippen LogP contribution in [0.3, 0.4) is 0 Å². The van der Waals surface area contributed by atoms with Crippen LogP contribution in [0.5, 0.6) is 5.75 Å². The monoisotopic (exact) mass is 339 g/mol. The molecule has 1 heterocycles. The average molecular weight is 340 g/mol. The average Bonchev–Trinajstić information content (AvgIpc) is 2.45. The predicted molar refractivity (Wildman–Crippen MR) is 81.5 cm³/mol. The minimum atomic E-state index is -0.401. The van der Waals surface area contributed by atoms with Gasteiger partial charge in [0.25, 0.3) is 0 Å². The van der Waals surface area contributed by atoms with Gasteiger partial charge >= 0.3 is 0 Å². The van der Waals surface area contributed by atoms with Crippen LogP contribution in [-0.4, -0.2) is 42.2 Å². The molecule has 1 aromatic carbocycles. The molecule has 108 valence electrons. The number of benzene rings is 1. The highest BCUT2D eigenvalue weighted by molar-refractivity contribution is 9.10. The number of piperidine rings is 1. The molecule has 0 radical (unpaired) electrons. The van der Waals surface area contributed by atoms with Gasteiger partial charge in [-0.05, 0) is 37.1 Å². The molecule has 1 amide bonds. The Kier molecular flexibility index (Phi) is 5.20. The van der Waals surface area contributed by atoms with Gasteiger partial charge in [-0.25, -0.2) is 0 Å². The van der Waals surface area contributed by atoms with Crippen LogP contribution in [0.15, 0.2) is 28.7 Å². The fraction of sp³-hybridized carbons (Fsp3) is 0.400. The van der Waals surface area contributed by atoms with E-state index in [0.717, 1.165) is 28.6 Å². The summed E-state index contributed by atoms with van der Waals surface area (Å²) < 4.78 is 6.19. The first-order valence-corrected chi connectivity index (χ1v) is 7.38. The molecule has 4 nitrogen and oxygen atoms in total. The molecule has 1 aromatic rings. The number of nitrogens with zero attached hydrogens (tertiary/aromatic N) is 1. The predicted octanol–water partition coefficient (Wildman–Crippen LogP) is 2.45. The maximum absolute atomic E-state index is 12.1. The maximum atomic E-state index is 12.1. The van der Waals surface area contributed by atoms with Gasteiger partial charge in [-0.1, -0.05) is 15.9 Å². The van der Waals surface area contributed by atoms with Gasteiger partial charge in [0, 0.05) is 29.2 Å². The van der Waals surface area contributed by atoms with Crippen LogP contribution >= 0.6 is 15.9 Å². The molecule has 1 aliphatic rings. The Morgan fingerprint density at radius 2 is 2.35 bits per heavy atom. The summed E-state index contributed by atoms with van der Waals surface area (Å²) in [5.74, 6) is 0.640. The number of β-amino-alcohol motifs (C(OH)–C–C–N with tert-alkyl or cyclic N) is 1. The zero-order chi connectivity index (χ0) is 14.5. The van der Waals surface area contributed by atoms with Crippen LogP contribution in [0.2, 0.25) is 0 Å². The topological polar surface area (TPSA) is 49.8 Å². The number of ether oxygens (including phenoxy) is 1. The Hall–Kier alpha value is -1.33. The Labute approximate surface area is 127 Å². The quantitative estimate of drug-likeness (QED) is 0.860. The van der Waals surface area contributed by atoms with Crippen LogP contribution in [-0.2, 0) is 4.79 Å². The summed E-state index contributed by atoms with van der Waals surface area (Å²) in [5, 5.41) is 9.59. The Morgan fingerprint density at radius 1 is 1.55 bits per heavy atom. The molecule has 5 heteroatoms. The van der Waals surface area contributed by atoms with E-state index in [1.54, 1.807) is 18.1 Å². The third kappa shape index (κ3) is 3.84. The van der Waals surface area contributed by atoms with E-state index in [0.29, 0.717) is 13.1 Å². The van der Waals surface area contributed by atoms with Crippen LogP contribution in [0.25, 0.3) is 6.08 Å². The minimum Gasteiger partial charge on any atom is -0.496 e. The van der Waals surface area contributed by atoms with E-state index >= 15 is 0 Å². The van der Waals surface area contributed by atoms with Gasteiger partial charge in [-0.15, -0.1) is 0 Å². The third-order valence-electron chi connectivity index (χ3n) is 3.31. The van der Waals surface area contributed by atoms with Crippen molar-refractivity contribution in [2.75, 3.05) is 20.2 Å². The van der Waals surface area contributed by atoms with Gasteiger partial charge < -0.3 is 14.7 Å². The number of amides is 1. The van der Waals surface area contributed by atoms with Gasteiger partial charge in [0.2, 0.25) is 5.91 Å². The van der Waals surface area contributed by atoms with E-state index in [2.05, 4.69) is 15.9 Å². The van der Waals surface area contributed by atoms with Crippen LogP contribution < -0.4 is 4.74 Å². The van der Waals surface area contributed by atoms with Gasteiger partial charge in [0.1, 0.15) is 5.75 Å². The molecule has 2 rings (SSSR count). The first-order valence-electron chi connectivity index (χ1n) is 6.58. The van der Waals surface area contributed by atoms with Crippen LogP contribution in [0, 0.1) is 0 Å². The van der Waals surface area contributed by atoms with E-state index in [1.165, 1.54) is 6.08 Å². The zero-order valence-corrected chi connectivity index (χ0v) is 13.0. The summed E-state index contributed by atoms with van der Waals surface area (Å²) in [4.78, 5) is 13.8. The van der Waals surface area contributed by atoms with E-state index in [-0.39, 0.29) is 5.91 Å². The Morgan fingerprint density at radius 3 is 3.05 bits per heavy atom. The molecular formula is C15H18BrNO3. The maximum Gasteiger partial charge on any atom is 0.246 e. The largest absolute Gasteiger partial charge is 0.496 e. The summed E-state index contributed by atoms with van der Waals surface area (Å²) in [6.45, 7) is 1.12. The molecule has 0 spiro atoms. The van der Waals surface area contributed by atoms with Crippen molar-refractivity contribution in [3.05, 3.63) is 34.3 Å². The lowest BCUT2D eigenvalue weighted by Gasteiger charge is -2.29. The van der Waals surface area contributed by atoms with Gasteiger partial charge in [-0.2, -0.15) is 0 Å². The van der Waals surface area contributed by atoms with Crippen molar-refractivity contribution in [3.8, 4) is 5.75 Å². The van der Waals surface area contributed by atoms with Crippen molar-refractivity contribution in [1.82, 2.24) is 4.90 Å². The second-order valence-electron chi connectivity index (χ2n) is 4.80. The highest BCUT2D eigenvalue weighted by atomic mass is 79.9. The van der Waals surface area contributed by atoms with Crippen molar-refractivity contribution in [1.29, 1.82) is 0 Å². The lowest BCUT2D eigenvalue weighted by Crippen LogP contribution is -2.41. The molecule has 0 saturated carbocycles. The van der Waals surface area contributed by atoms with E-state index in [4.69, 9.17) is 4.74 Å². The number of rotatable bonds is 3. The van der Waals surface area contributed by atoms with E-state index in [1.807, 2.05) is 18.2 Å². The normalized spacial score (nSPS) is 19.4. The summed E-state index contributed by atoms with van der Waals surface area (Å²) >= 11 is 3.40. The fourth-order valence-electron chi connectivity index (χ4n) is 2.26. The lowest BCUT2D eigenvalue weighted by molar-refractivity contribution is -0.128. The molecule has 20 heavy (non-hydrogen) atoms. The van der Waals surface area contributed by atoms with Gasteiger partial charge in [-0.3, -0.25) is 4.79 Å². The molecule has 0 aliphatic carbocycles. The fourth-order valence-corrected chi connectivity index (χ4v) is 2.64. The van der Waals surface area contributed by atoms with Crippen molar-refractivity contribution < 1.29 is 14.6 Å². The molecule has 0 aromatic heterocycles. The second-order valence-corrected chi connectivity index (χ2v) is 5.72. The summed E-state index contributed by atoms with van der Waals surface area (Å²) in [6, 6.07) is 5.63. The summed E-state index contributed by atoms with van der Waals surface area (Å²) in [7, 11) is 1.60. The number of aliphatic hydroxyl groups is 1. The molecule has 1 aliphatic heterocycles. The molecular weight excluding hydrogens is 322 g/mol. The smallest absolute Gasteiger partial charge is 0.246 e. The third-order valence-corrected chi connectivity index (χ3v) is 3.80. The first-order chi connectivity index (χ1) is 9.60. The van der Waals surface area contributed by atoms with Crippen molar-refractivity contribution in [3.63, 3.8) is 0 Å². The van der Waals surface area contributed by atoms with Crippen molar-refractivity contribution >= 4 is 27.9 Å². The van der Waals surface area contributed by atoms with Crippen LogP contribution in [0.1, 0.15) is 18.4 Å². The number of hydrogen-bond acceptors (Lipinski definition) is 3. The van der Waals surface area contributed by atoms with Crippen molar-refractivity contribution in [2.24, 2.45) is 0 Å². The Balaban J connectivity index is 2.08. The number of halogens is 1. The number of likely N-dealkylation sites (tertiary alicyclic amines) is 1. The highest BCUT2D eigenvalue weighted by Crippen LogP contribution is 2.24. The number of carbonyl (C=O) groups is 1. The second kappa shape index (κ2) is 6.90. The SMILES string of the molecule is COc1ccc(Br)cc1/C=C/C(=O)N1CCC[C@H](O)C1. The molecule has 1 N–H and O–H groups in total. The lowest BCUT2D eigenvalue weighted by atomic mass is 10.1. The summed E-state index contributed by atoms with van der Waals surface area (Å²) in [6.07, 6.45) is 4.49. The van der Waals surface area contributed by atoms with E-state index in [9.17, 15) is 9.90 Å². The Bertz CT molecular complexity index is 516. The van der Waals surface area contributed by atoms with Crippen molar-refractivity contribution in [2.45, 2.75) is 18.9 Å². The number of hydrogen-bond donors (Lipinski definition) is 1. The number of aliphatic hydroxyl groups excluding tert-OH is 1. The molecule has 1 saturated heterocycles. The molecule has 0 bridgehead atoms. The zero-order valence-electron chi connectivity index (χ0n) is 11.4. The van der Waals surface area contributed by atoms with Gasteiger partial charge in [0.05, 0.1) is 13.2 Å². The number of methoxy groups -OCH3 is 1. The highest BCUT2D eigenvalue weighted by Gasteiger charge is 2.20. The van der Waals surface area contributed by atoms with E-state index < -0.39 is 6.10 Å². The first kappa shape index (κ1) is 15.1. The minimum absolute atomic E-state index is 0.0780. The number of carbonyl (C=O) groups excluding carboxylic acids is 1. The molecule has 0 unspecified atom stereocenters. The molecule has 1 fully saturated rings.